The first kappa shape index (κ1) is 15.0. The topological polar surface area (TPSA) is 35.2 Å². The van der Waals surface area contributed by atoms with Crippen molar-refractivity contribution in [2.75, 3.05) is 0 Å². The summed E-state index contributed by atoms with van der Waals surface area (Å²) >= 11 is 3.22. The Hall–Kier alpha value is -1.39. The van der Waals surface area contributed by atoms with Crippen LogP contribution in [-0.4, -0.2) is 0 Å². The lowest BCUT2D eigenvalue weighted by Gasteiger charge is -2.14. The van der Waals surface area contributed by atoms with E-state index in [-0.39, 0.29) is 12.3 Å². The third-order valence-electron chi connectivity index (χ3n) is 3.33. The highest BCUT2D eigenvalue weighted by Crippen LogP contribution is 2.34. The Kier molecular flexibility index (Phi) is 4.45. The average molecular weight is 338 g/mol. The van der Waals surface area contributed by atoms with Crippen LogP contribution in [0.25, 0.3) is 0 Å². The normalized spacial score (nSPS) is 10.7. The van der Waals surface area contributed by atoms with Gasteiger partial charge in [-0.1, -0.05) is 12.1 Å². The second kappa shape index (κ2) is 5.94. The van der Waals surface area contributed by atoms with Crippen molar-refractivity contribution in [1.29, 1.82) is 0 Å². The Morgan fingerprint density at radius 2 is 1.85 bits per heavy atom. The molecular weight excluding hydrogens is 321 g/mol. The van der Waals surface area contributed by atoms with Crippen LogP contribution in [0.1, 0.15) is 22.3 Å². The van der Waals surface area contributed by atoms with Gasteiger partial charge >= 0.3 is 0 Å². The maximum Gasteiger partial charge on any atom is 0.180 e. The molecule has 0 fully saturated rings. The number of rotatable bonds is 3. The average Bonchev–Trinajstić information content (AvgIpc) is 2.41. The van der Waals surface area contributed by atoms with Gasteiger partial charge in [-0.3, -0.25) is 0 Å². The van der Waals surface area contributed by atoms with Gasteiger partial charge < -0.3 is 10.5 Å². The number of aryl methyl sites for hydroxylation is 2. The van der Waals surface area contributed by atoms with Crippen molar-refractivity contribution < 1.29 is 9.13 Å². The molecule has 0 atom stereocenters. The first-order valence-corrected chi connectivity index (χ1v) is 7.16. The third kappa shape index (κ3) is 2.86. The van der Waals surface area contributed by atoms with Crippen LogP contribution in [0, 0.1) is 26.6 Å². The molecule has 106 valence electrons. The molecule has 0 aliphatic rings. The molecule has 2 aromatic rings. The van der Waals surface area contributed by atoms with Crippen molar-refractivity contribution in [3.05, 3.63) is 56.8 Å². The van der Waals surface area contributed by atoms with Crippen LogP contribution in [0.15, 0.2) is 28.7 Å². The van der Waals surface area contributed by atoms with Crippen LogP contribution in [0.3, 0.4) is 0 Å². The number of hydrogen-bond donors (Lipinski definition) is 1. The molecule has 2 N–H and O–H groups in total. The Balaban J connectivity index is 2.43. The van der Waals surface area contributed by atoms with E-state index >= 15 is 0 Å². The lowest BCUT2D eigenvalue weighted by Crippen LogP contribution is -2.00. The zero-order valence-electron chi connectivity index (χ0n) is 11.8. The Bertz CT molecular complexity index is 655. The van der Waals surface area contributed by atoms with Gasteiger partial charge in [0.05, 0.1) is 4.47 Å². The molecule has 0 aliphatic carbocycles. The van der Waals surface area contributed by atoms with Crippen LogP contribution < -0.4 is 10.5 Å². The fraction of sp³-hybridized carbons (Fsp3) is 0.250. The molecule has 0 aromatic heterocycles. The Morgan fingerprint density at radius 1 is 1.15 bits per heavy atom. The van der Waals surface area contributed by atoms with E-state index in [1.165, 1.54) is 0 Å². The summed E-state index contributed by atoms with van der Waals surface area (Å²) in [6, 6.07) is 7.36. The largest absolute Gasteiger partial charge is 0.454 e. The van der Waals surface area contributed by atoms with E-state index < -0.39 is 5.82 Å². The van der Waals surface area contributed by atoms with Crippen molar-refractivity contribution in [2.45, 2.75) is 27.3 Å². The van der Waals surface area contributed by atoms with Crippen LogP contribution >= 0.6 is 15.9 Å². The number of hydrogen-bond acceptors (Lipinski definition) is 2. The maximum absolute atomic E-state index is 14.2. The number of nitrogens with two attached hydrogens (primary N) is 1. The highest BCUT2D eigenvalue weighted by Gasteiger charge is 2.14. The van der Waals surface area contributed by atoms with Gasteiger partial charge in [0.1, 0.15) is 5.75 Å². The van der Waals surface area contributed by atoms with Gasteiger partial charge in [-0.05, 0) is 71.1 Å². The van der Waals surface area contributed by atoms with Crippen molar-refractivity contribution >= 4 is 15.9 Å². The van der Waals surface area contributed by atoms with Gasteiger partial charge in [0.25, 0.3) is 0 Å². The molecule has 0 saturated carbocycles. The van der Waals surface area contributed by atoms with Crippen molar-refractivity contribution in [1.82, 2.24) is 0 Å². The smallest absolute Gasteiger partial charge is 0.180 e. The van der Waals surface area contributed by atoms with E-state index in [0.717, 1.165) is 16.7 Å². The van der Waals surface area contributed by atoms with Gasteiger partial charge in [0, 0.05) is 6.54 Å². The van der Waals surface area contributed by atoms with E-state index in [9.17, 15) is 4.39 Å². The minimum atomic E-state index is -0.425. The minimum Gasteiger partial charge on any atom is -0.454 e. The second-order valence-electron chi connectivity index (χ2n) is 4.86. The number of ether oxygens (including phenoxy) is 1. The lowest BCUT2D eigenvalue weighted by molar-refractivity contribution is 0.436. The Labute approximate surface area is 126 Å². The van der Waals surface area contributed by atoms with Gasteiger partial charge in [-0.15, -0.1) is 0 Å². The van der Waals surface area contributed by atoms with Gasteiger partial charge in [-0.2, -0.15) is 0 Å². The third-order valence-corrected chi connectivity index (χ3v) is 4.19. The predicted molar refractivity (Wildman–Crippen MR) is 82.7 cm³/mol. The zero-order chi connectivity index (χ0) is 14.9. The Morgan fingerprint density at radius 3 is 2.50 bits per heavy atom. The molecule has 0 bridgehead atoms. The molecule has 0 spiro atoms. The summed E-state index contributed by atoms with van der Waals surface area (Å²) in [5.74, 6) is 0.447. The zero-order valence-corrected chi connectivity index (χ0v) is 13.3. The minimum absolute atomic E-state index is 0.196. The second-order valence-corrected chi connectivity index (χ2v) is 5.65. The van der Waals surface area contributed by atoms with E-state index in [2.05, 4.69) is 22.0 Å². The summed E-state index contributed by atoms with van der Waals surface area (Å²) in [6.07, 6.45) is 0. The molecule has 4 heteroatoms. The number of benzene rings is 2. The first-order chi connectivity index (χ1) is 9.43. The van der Waals surface area contributed by atoms with Crippen LogP contribution in [0.5, 0.6) is 11.5 Å². The molecule has 0 amide bonds. The molecule has 2 aromatic carbocycles. The summed E-state index contributed by atoms with van der Waals surface area (Å²) in [4.78, 5) is 0. The standard InChI is InChI=1S/C16H17BrFNO/c1-9-6-10(2)11(3)14(7-9)20-13-5-4-12(8-19)15(17)16(13)18/h4-7H,8,19H2,1-3H3. The lowest BCUT2D eigenvalue weighted by atomic mass is 10.1. The summed E-state index contributed by atoms with van der Waals surface area (Å²) in [6.45, 7) is 6.24. The highest BCUT2D eigenvalue weighted by atomic mass is 79.9. The van der Waals surface area contributed by atoms with Crippen molar-refractivity contribution in [3.8, 4) is 11.5 Å². The van der Waals surface area contributed by atoms with Crippen LogP contribution in [0.2, 0.25) is 0 Å². The van der Waals surface area contributed by atoms with E-state index in [0.29, 0.717) is 15.8 Å². The molecular formula is C16H17BrFNO. The van der Waals surface area contributed by atoms with Gasteiger partial charge in [0.15, 0.2) is 11.6 Å². The monoisotopic (exact) mass is 337 g/mol. The van der Waals surface area contributed by atoms with Crippen LogP contribution in [-0.2, 0) is 6.54 Å². The van der Waals surface area contributed by atoms with Crippen molar-refractivity contribution in [3.63, 3.8) is 0 Å². The van der Waals surface area contributed by atoms with E-state index in [1.807, 2.05) is 26.8 Å². The summed E-state index contributed by atoms with van der Waals surface area (Å²) < 4.78 is 20.3. The SMILES string of the molecule is Cc1cc(C)c(C)c(Oc2ccc(CN)c(Br)c2F)c1. The highest BCUT2D eigenvalue weighted by molar-refractivity contribution is 9.10. The first-order valence-electron chi connectivity index (χ1n) is 6.36. The molecule has 2 rings (SSSR count). The fourth-order valence-electron chi connectivity index (χ4n) is 2.03. The summed E-state index contributed by atoms with van der Waals surface area (Å²) in [5, 5.41) is 0. The van der Waals surface area contributed by atoms with Gasteiger partial charge in [-0.25, -0.2) is 4.39 Å². The van der Waals surface area contributed by atoms with Crippen LogP contribution in [0.4, 0.5) is 4.39 Å². The quantitative estimate of drug-likeness (QED) is 0.875. The maximum atomic E-state index is 14.2. The van der Waals surface area contributed by atoms with Crippen molar-refractivity contribution in [2.24, 2.45) is 5.73 Å². The van der Waals surface area contributed by atoms with E-state index in [1.54, 1.807) is 12.1 Å². The van der Waals surface area contributed by atoms with Gasteiger partial charge in [0.2, 0.25) is 0 Å². The summed E-state index contributed by atoms with van der Waals surface area (Å²) in [7, 11) is 0. The molecule has 0 heterocycles. The molecule has 0 unspecified atom stereocenters. The van der Waals surface area contributed by atoms with E-state index in [4.69, 9.17) is 10.5 Å². The fourth-order valence-corrected chi connectivity index (χ4v) is 2.52. The predicted octanol–water partition coefficient (Wildman–Crippen LogP) is 4.76. The molecule has 0 saturated heterocycles. The number of halogens is 2. The molecule has 0 radical (unpaired) electrons. The molecule has 20 heavy (non-hydrogen) atoms. The summed E-state index contributed by atoms with van der Waals surface area (Å²) in [5.41, 5.74) is 9.48. The molecule has 0 aliphatic heterocycles. The molecule has 2 nitrogen and oxygen atoms in total.